The molecular formula is C14H20F2N2S. The molecule has 2 nitrogen and oxygen atoms in total. The standard InChI is InChI=1S/C14H20F2N2S/c1-17-13(5-6-18-7-9-19-10-8-18)11-3-2-4-12(15)14(11)16/h2-4,13,17H,5-10H2,1H3. The van der Waals surface area contributed by atoms with Crippen molar-refractivity contribution in [2.24, 2.45) is 0 Å². The van der Waals surface area contributed by atoms with Crippen LogP contribution in [0.2, 0.25) is 0 Å². The molecule has 0 aromatic heterocycles. The van der Waals surface area contributed by atoms with Gasteiger partial charge in [-0.3, -0.25) is 0 Å². The van der Waals surface area contributed by atoms with E-state index >= 15 is 0 Å². The largest absolute Gasteiger partial charge is 0.313 e. The lowest BCUT2D eigenvalue weighted by Gasteiger charge is -2.28. The molecule has 0 amide bonds. The Bertz CT molecular complexity index is 408. The predicted octanol–water partition coefficient (Wildman–Crippen LogP) is 2.66. The van der Waals surface area contributed by atoms with Crippen LogP contribution in [0.25, 0.3) is 0 Å². The van der Waals surface area contributed by atoms with E-state index in [4.69, 9.17) is 0 Å². The molecular weight excluding hydrogens is 266 g/mol. The maximum atomic E-state index is 13.8. The van der Waals surface area contributed by atoms with Crippen molar-refractivity contribution >= 4 is 11.8 Å². The summed E-state index contributed by atoms with van der Waals surface area (Å²) < 4.78 is 27.0. The molecule has 1 saturated heterocycles. The first-order chi connectivity index (χ1) is 9.22. The SMILES string of the molecule is CNC(CCN1CCSCC1)c1cccc(F)c1F. The second-order valence-corrected chi connectivity index (χ2v) is 5.95. The molecule has 1 unspecified atom stereocenters. The van der Waals surface area contributed by atoms with E-state index in [1.54, 1.807) is 19.2 Å². The van der Waals surface area contributed by atoms with Crippen LogP contribution in [-0.4, -0.2) is 43.1 Å². The Balaban J connectivity index is 1.97. The minimum atomic E-state index is -0.771. The first-order valence-corrected chi connectivity index (χ1v) is 7.79. The maximum Gasteiger partial charge on any atom is 0.163 e. The van der Waals surface area contributed by atoms with Gasteiger partial charge in [0, 0.05) is 42.7 Å². The van der Waals surface area contributed by atoms with Gasteiger partial charge >= 0.3 is 0 Å². The summed E-state index contributed by atoms with van der Waals surface area (Å²) in [4.78, 5) is 2.39. The number of hydrogen-bond acceptors (Lipinski definition) is 3. The molecule has 2 rings (SSSR count). The van der Waals surface area contributed by atoms with Crippen molar-refractivity contribution in [2.75, 3.05) is 38.2 Å². The van der Waals surface area contributed by atoms with Gasteiger partial charge in [-0.1, -0.05) is 12.1 Å². The summed E-state index contributed by atoms with van der Waals surface area (Å²) in [7, 11) is 1.79. The average molecular weight is 286 g/mol. The Morgan fingerprint density at radius 3 is 2.74 bits per heavy atom. The Kier molecular flexibility index (Phi) is 5.60. The topological polar surface area (TPSA) is 15.3 Å². The zero-order valence-electron chi connectivity index (χ0n) is 11.2. The average Bonchev–Trinajstić information content (AvgIpc) is 2.45. The summed E-state index contributed by atoms with van der Waals surface area (Å²) in [6.07, 6.45) is 0.793. The normalized spacial score (nSPS) is 18.5. The zero-order valence-corrected chi connectivity index (χ0v) is 12.0. The molecule has 1 fully saturated rings. The molecule has 19 heavy (non-hydrogen) atoms. The molecule has 1 aromatic carbocycles. The summed E-state index contributed by atoms with van der Waals surface area (Å²) in [6, 6.07) is 4.25. The van der Waals surface area contributed by atoms with Crippen LogP contribution in [0.1, 0.15) is 18.0 Å². The van der Waals surface area contributed by atoms with Gasteiger partial charge in [0.1, 0.15) is 0 Å². The Labute approximate surface area is 117 Å². The molecule has 0 radical (unpaired) electrons. The van der Waals surface area contributed by atoms with Gasteiger partial charge in [0.25, 0.3) is 0 Å². The van der Waals surface area contributed by atoms with Crippen molar-refractivity contribution in [1.29, 1.82) is 0 Å². The second kappa shape index (κ2) is 7.22. The first-order valence-electron chi connectivity index (χ1n) is 6.63. The number of hydrogen-bond donors (Lipinski definition) is 1. The van der Waals surface area contributed by atoms with Crippen molar-refractivity contribution in [2.45, 2.75) is 12.5 Å². The third-order valence-corrected chi connectivity index (χ3v) is 4.49. The van der Waals surface area contributed by atoms with E-state index in [0.29, 0.717) is 5.56 Å². The van der Waals surface area contributed by atoms with Gasteiger partial charge in [0.15, 0.2) is 11.6 Å². The van der Waals surface area contributed by atoms with Gasteiger partial charge in [-0.05, 0) is 19.5 Å². The highest BCUT2D eigenvalue weighted by Gasteiger charge is 2.18. The smallest absolute Gasteiger partial charge is 0.163 e. The number of thioether (sulfide) groups is 1. The summed E-state index contributed by atoms with van der Waals surface area (Å²) in [5.41, 5.74) is 0.425. The number of nitrogens with one attached hydrogen (secondary N) is 1. The molecule has 1 N–H and O–H groups in total. The van der Waals surface area contributed by atoms with Crippen LogP contribution in [0.5, 0.6) is 0 Å². The lowest BCUT2D eigenvalue weighted by atomic mass is 10.0. The number of halogens is 2. The zero-order chi connectivity index (χ0) is 13.7. The van der Waals surface area contributed by atoms with Crippen LogP contribution in [0.15, 0.2) is 18.2 Å². The second-order valence-electron chi connectivity index (χ2n) is 4.73. The van der Waals surface area contributed by atoms with E-state index in [-0.39, 0.29) is 6.04 Å². The van der Waals surface area contributed by atoms with Gasteiger partial charge in [-0.15, -0.1) is 0 Å². The van der Waals surface area contributed by atoms with Crippen LogP contribution in [-0.2, 0) is 0 Å². The molecule has 1 aliphatic heterocycles. The molecule has 0 spiro atoms. The molecule has 0 bridgehead atoms. The van der Waals surface area contributed by atoms with Crippen molar-refractivity contribution in [3.05, 3.63) is 35.4 Å². The highest BCUT2D eigenvalue weighted by atomic mass is 32.2. The van der Waals surface area contributed by atoms with E-state index in [1.165, 1.54) is 11.5 Å². The molecule has 5 heteroatoms. The highest BCUT2D eigenvalue weighted by molar-refractivity contribution is 7.99. The highest BCUT2D eigenvalue weighted by Crippen LogP contribution is 2.22. The van der Waals surface area contributed by atoms with Crippen LogP contribution in [0, 0.1) is 11.6 Å². The number of benzene rings is 1. The van der Waals surface area contributed by atoms with E-state index in [0.717, 1.165) is 32.1 Å². The van der Waals surface area contributed by atoms with Crippen molar-refractivity contribution in [3.8, 4) is 0 Å². The summed E-state index contributed by atoms with van der Waals surface area (Å²) in [6.45, 7) is 3.10. The molecule has 1 heterocycles. The van der Waals surface area contributed by atoms with E-state index < -0.39 is 11.6 Å². The molecule has 1 atom stereocenters. The van der Waals surface area contributed by atoms with Crippen LogP contribution < -0.4 is 5.32 Å². The van der Waals surface area contributed by atoms with Gasteiger partial charge in [-0.2, -0.15) is 11.8 Å². The van der Waals surface area contributed by atoms with Gasteiger partial charge in [0.2, 0.25) is 0 Å². The quantitative estimate of drug-likeness (QED) is 0.896. The number of rotatable bonds is 5. The third-order valence-electron chi connectivity index (χ3n) is 3.54. The minimum absolute atomic E-state index is 0.134. The van der Waals surface area contributed by atoms with Gasteiger partial charge < -0.3 is 10.2 Å². The minimum Gasteiger partial charge on any atom is -0.313 e. The van der Waals surface area contributed by atoms with E-state index in [2.05, 4.69) is 10.2 Å². The fourth-order valence-electron chi connectivity index (χ4n) is 2.38. The van der Waals surface area contributed by atoms with Crippen LogP contribution in [0.3, 0.4) is 0 Å². The van der Waals surface area contributed by atoms with Gasteiger partial charge in [0.05, 0.1) is 0 Å². The lowest BCUT2D eigenvalue weighted by molar-refractivity contribution is 0.281. The van der Waals surface area contributed by atoms with Crippen molar-refractivity contribution in [3.63, 3.8) is 0 Å². The molecule has 0 saturated carbocycles. The van der Waals surface area contributed by atoms with Crippen LogP contribution >= 0.6 is 11.8 Å². The molecule has 1 aliphatic rings. The van der Waals surface area contributed by atoms with E-state index in [1.807, 2.05) is 11.8 Å². The Hall–Kier alpha value is -0.650. The maximum absolute atomic E-state index is 13.8. The predicted molar refractivity (Wildman–Crippen MR) is 76.5 cm³/mol. The molecule has 106 valence electrons. The van der Waals surface area contributed by atoms with Crippen LogP contribution in [0.4, 0.5) is 8.78 Å². The third kappa shape index (κ3) is 3.91. The molecule has 1 aromatic rings. The fourth-order valence-corrected chi connectivity index (χ4v) is 3.36. The first kappa shape index (κ1) is 14.8. The van der Waals surface area contributed by atoms with Crippen molar-refractivity contribution in [1.82, 2.24) is 10.2 Å². The summed E-state index contributed by atoms with van der Waals surface area (Å²) >= 11 is 1.97. The summed E-state index contributed by atoms with van der Waals surface area (Å²) in [5, 5.41) is 3.09. The lowest BCUT2D eigenvalue weighted by Crippen LogP contribution is -2.35. The Morgan fingerprint density at radius 2 is 2.05 bits per heavy atom. The summed E-state index contributed by atoms with van der Waals surface area (Å²) in [5.74, 6) is 0.833. The Morgan fingerprint density at radius 1 is 1.32 bits per heavy atom. The number of nitrogens with zero attached hydrogens (tertiary/aromatic N) is 1. The van der Waals surface area contributed by atoms with Gasteiger partial charge in [-0.25, -0.2) is 8.78 Å². The molecule has 0 aliphatic carbocycles. The monoisotopic (exact) mass is 286 g/mol. The van der Waals surface area contributed by atoms with E-state index in [9.17, 15) is 8.78 Å². The van der Waals surface area contributed by atoms with Crippen molar-refractivity contribution < 1.29 is 8.78 Å². The fraction of sp³-hybridized carbons (Fsp3) is 0.571.